The lowest BCUT2D eigenvalue weighted by Crippen LogP contribution is -2.42. The Kier molecular flexibility index (Phi) is 4.01. The number of hydrogen-bond acceptors (Lipinski definition) is 4. The van der Waals surface area contributed by atoms with Crippen molar-refractivity contribution in [1.82, 2.24) is 15.6 Å². The molecule has 3 aromatic rings. The van der Waals surface area contributed by atoms with E-state index in [-0.39, 0.29) is 11.9 Å². The first kappa shape index (κ1) is 14.9. The molecule has 0 unspecified atom stereocenters. The smallest absolute Gasteiger partial charge is 0.252 e. The molecule has 0 saturated carbocycles. The summed E-state index contributed by atoms with van der Waals surface area (Å²) in [6, 6.07) is 13.4. The van der Waals surface area contributed by atoms with Crippen LogP contribution in [-0.4, -0.2) is 30.0 Å². The van der Waals surface area contributed by atoms with E-state index in [2.05, 4.69) is 15.6 Å². The van der Waals surface area contributed by atoms with Gasteiger partial charge in [-0.15, -0.1) is 0 Å². The highest BCUT2D eigenvalue weighted by Gasteiger charge is 2.19. The maximum Gasteiger partial charge on any atom is 0.252 e. The quantitative estimate of drug-likeness (QED) is 0.778. The molecule has 1 aliphatic heterocycles. The zero-order valence-electron chi connectivity index (χ0n) is 13.3. The number of benzene rings is 1. The van der Waals surface area contributed by atoms with Crippen LogP contribution in [0.1, 0.15) is 23.2 Å². The summed E-state index contributed by atoms with van der Waals surface area (Å²) in [5, 5.41) is 7.33. The minimum atomic E-state index is -0.0479. The molecular formula is C19H19N3O2. The number of furan rings is 1. The van der Waals surface area contributed by atoms with Gasteiger partial charge >= 0.3 is 0 Å². The maximum absolute atomic E-state index is 12.9. The molecule has 5 nitrogen and oxygen atoms in total. The Labute approximate surface area is 140 Å². The van der Waals surface area contributed by atoms with Crippen LogP contribution < -0.4 is 10.6 Å². The Morgan fingerprint density at radius 1 is 1.17 bits per heavy atom. The summed E-state index contributed by atoms with van der Waals surface area (Å²) in [6.45, 7) is 1.89. The first-order valence-corrected chi connectivity index (χ1v) is 8.26. The Balaban J connectivity index is 1.73. The number of carbonyl (C=O) groups is 1. The number of fused-ring (bicyclic) bond motifs is 1. The van der Waals surface area contributed by atoms with E-state index in [4.69, 9.17) is 4.42 Å². The van der Waals surface area contributed by atoms with E-state index in [9.17, 15) is 4.79 Å². The summed E-state index contributed by atoms with van der Waals surface area (Å²) in [6.07, 6.45) is 3.53. The zero-order valence-corrected chi connectivity index (χ0v) is 13.3. The lowest BCUT2D eigenvalue weighted by molar-refractivity contribution is 0.0931. The highest BCUT2D eigenvalue weighted by atomic mass is 16.3. The molecular weight excluding hydrogens is 302 g/mol. The SMILES string of the molecule is O=C(NC1CCNCC1)c1cc(-c2ccco2)nc2ccccc12. The molecule has 0 atom stereocenters. The van der Waals surface area contributed by atoms with Crippen molar-refractivity contribution in [1.29, 1.82) is 0 Å². The summed E-state index contributed by atoms with van der Waals surface area (Å²) >= 11 is 0. The Bertz CT molecular complexity index is 852. The van der Waals surface area contributed by atoms with Gasteiger partial charge in [-0.1, -0.05) is 18.2 Å². The molecule has 1 amide bonds. The van der Waals surface area contributed by atoms with Gasteiger partial charge in [-0.3, -0.25) is 4.79 Å². The van der Waals surface area contributed by atoms with Gasteiger partial charge in [0, 0.05) is 11.4 Å². The third-order valence-electron chi connectivity index (χ3n) is 4.41. The Morgan fingerprint density at radius 2 is 2.00 bits per heavy atom. The van der Waals surface area contributed by atoms with Crippen LogP contribution in [0.25, 0.3) is 22.4 Å². The van der Waals surface area contributed by atoms with E-state index >= 15 is 0 Å². The van der Waals surface area contributed by atoms with Crippen molar-refractivity contribution in [3.8, 4) is 11.5 Å². The van der Waals surface area contributed by atoms with E-state index in [1.54, 1.807) is 6.26 Å². The number of nitrogens with zero attached hydrogens (tertiary/aromatic N) is 1. The predicted molar refractivity (Wildman–Crippen MR) is 92.8 cm³/mol. The number of amides is 1. The van der Waals surface area contributed by atoms with Crippen LogP contribution in [0.15, 0.2) is 53.1 Å². The normalized spacial score (nSPS) is 15.5. The van der Waals surface area contributed by atoms with E-state index in [1.165, 1.54) is 0 Å². The van der Waals surface area contributed by atoms with Crippen molar-refractivity contribution >= 4 is 16.8 Å². The molecule has 122 valence electrons. The molecule has 1 fully saturated rings. The van der Waals surface area contributed by atoms with Crippen molar-refractivity contribution in [3.63, 3.8) is 0 Å². The van der Waals surface area contributed by atoms with Crippen molar-refractivity contribution in [2.24, 2.45) is 0 Å². The van der Waals surface area contributed by atoms with E-state index in [0.29, 0.717) is 17.0 Å². The first-order chi connectivity index (χ1) is 11.8. The highest BCUT2D eigenvalue weighted by Crippen LogP contribution is 2.25. The summed E-state index contributed by atoms with van der Waals surface area (Å²) in [7, 11) is 0. The number of hydrogen-bond donors (Lipinski definition) is 2. The van der Waals surface area contributed by atoms with Crippen LogP contribution in [0.2, 0.25) is 0 Å². The second-order valence-corrected chi connectivity index (χ2v) is 6.05. The standard InChI is InChI=1S/C19H19N3O2/c23-19(21-13-7-9-20-10-8-13)15-12-17(18-6-3-11-24-18)22-16-5-2-1-4-14(15)16/h1-6,11-13,20H,7-10H2,(H,21,23). The fourth-order valence-electron chi connectivity index (χ4n) is 3.14. The van der Waals surface area contributed by atoms with Gasteiger partial charge in [-0.05, 0) is 50.2 Å². The third-order valence-corrected chi connectivity index (χ3v) is 4.41. The van der Waals surface area contributed by atoms with Crippen LogP contribution >= 0.6 is 0 Å². The molecule has 5 heteroatoms. The molecule has 1 saturated heterocycles. The molecule has 0 aliphatic carbocycles. The van der Waals surface area contributed by atoms with Crippen LogP contribution in [0.5, 0.6) is 0 Å². The molecule has 24 heavy (non-hydrogen) atoms. The molecule has 1 aliphatic rings. The summed E-state index contributed by atoms with van der Waals surface area (Å²) in [5.41, 5.74) is 2.11. The zero-order chi connectivity index (χ0) is 16.4. The first-order valence-electron chi connectivity index (χ1n) is 8.26. The van der Waals surface area contributed by atoms with Crippen LogP contribution in [-0.2, 0) is 0 Å². The van der Waals surface area contributed by atoms with Gasteiger partial charge < -0.3 is 15.1 Å². The minimum absolute atomic E-state index is 0.0479. The maximum atomic E-state index is 12.9. The second kappa shape index (κ2) is 6.45. The number of pyridine rings is 1. The molecule has 4 rings (SSSR count). The average Bonchev–Trinajstić information content (AvgIpc) is 3.16. The van der Waals surface area contributed by atoms with Crippen molar-refractivity contribution in [3.05, 3.63) is 54.3 Å². The molecule has 2 N–H and O–H groups in total. The van der Waals surface area contributed by atoms with Gasteiger partial charge in [-0.25, -0.2) is 4.98 Å². The van der Waals surface area contributed by atoms with Crippen LogP contribution in [0.3, 0.4) is 0 Å². The molecule has 0 radical (unpaired) electrons. The number of rotatable bonds is 3. The number of piperidine rings is 1. The predicted octanol–water partition coefficient (Wildman–Crippen LogP) is 2.98. The largest absolute Gasteiger partial charge is 0.463 e. The van der Waals surface area contributed by atoms with Crippen LogP contribution in [0, 0.1) is 0 Å². The number of carbonyl (C=O) groups excluding carboxylic acids is 1. The molecule has 0 bridgehead atoms. The lowest BCUT2D eigenvalue weighted by atomic mass is 10.0. The molecule has 2 aromatic heterocycles. The number of aromatic nitrogens is 1. The summed E-state index contributed by atoms with van der Waals surface area (Å²) in [4.78, 5) is 17.5. The minimum Gasteiger partial charge on any atom is -0.463 e. The van der Waals surface area contributed by atoms with Gasteiger partial charge in [0.25, 0.3) is 5.91 Å². The van der Waals surface area contributed by atoms with Crippen molar-refractivity contribution in [2.45, 2.75) is 18.9 Å². The van der Waals surface area contributed by atoms with Gasteiger partial charge in [0.05, 0.1) is 17.3 Å². The second-order valence-electron chi connectivity index (χ2n) is 6.05. The molecule has 1 aromatic carbocycles. The van der Waals surface area contributed by atoms with E-state index < -0.39 is 0 Å². The number of para-hydroxylation sites is 1. The van der Waals surface area contributed by atoms with E-state index in [1.807, 2.05) is 42.5 Å². The topological polar surface area (TPSA) is 67.2 Å². The van der Waals surface area contributed by atoms with Crippen molar-refractivity contribution in [2.75, 3.05) is 13.1 Å². The van der Waals surface area contributed by atoms with Crippen molar-refractivity contribution < 1.29 is 9.21 Å². The summed E-state index contributed by atoms with van der Waals surface area (Å²) in [5.74, 6) is 0.616. The number of nitrogens with one attached hydrogen (secondary N) is 2. The Morgan fingerprint density at radius 3 is 2.79 bits per heavy atom. The highest BCUT2D eigenvalue weighted by molar-refractivity contribution is 6.07. The van der Waals surface area contributed by atoms with E-state index in [0.717, 1.165) is 36.8 Å². The average molecular weight is 321 g/mol. The summed E-state index contributed by atoms with van der Waals surface area (Å²) < 4.78 is 5.45. The molecule has 0 spiro atoms. The Hall–Kier alpha value is -2.66. The van der Waals surface area contributed by atoms with Gasteiger partial charge in [-0.2, -0.15) is 0 Å². The van der Waals surface area contributed by atoms with Gasteiger partial charge in [0.1, 0.15) is 5.69 Å². The van der Waals surface area contributed by atoms with Gasteiger partial charge in [0.2, 0.25) is 0 Å². The fraction of sp³-hybridized carbons (Fsp3) is 0.263. The molecule has 3 heterocycles. The monoisotopic (exact) mass is 321 g/mol. The lowest BCUT2D eigenvalue weighted by Gasteiger charge is -2.24. The fourth-order valence-corrected chi connectivity index (χ4v) is 3.14. The third kappa shape index (κ3) is 2.90. The van der Waals surface area contributed by atoms with Crippen LogP contribution in [0.4, 0.5) is 0 Å². The van der Waals surface area contributed by atoms with Gasteiger partial charge in [0.15, 0.2) is 5.76 Å².